The van der Waals surface area contributed by atoms with Crippen molar-refractivity contribution in [3.63, 3.8) is 0 Å². The molecule has 8 heteroatoms. The van der Waals surface area contributed by atoms with Crippen LogP contribution in [0.15, 0.2) is 54.6 Å². The fraction of sp³-hybridized carbons (Fsp3) is 0.200. The molecular formula is C20H18ClF2N3O2. The Hall–Kier alpha value is -2.93. The Kier molecular flexibility index (Phi) is 5.94. The molecule has 0 bridgehead atoms. The summed E-state index contributed by atoms with van der Waals surface area (Å²) in [5.41, 5.74) is 2.37. The molecule has 0 saturated carbocycles. The van der Waals surface area contributed by atoms with E-state index in [1.807, 2.05) is 30.3 Å². The number of aromatic nitrogens is 2. The van der Waals surface area contributed by atoms with Crippen molar-refractivity contribution in [2.24, 2.45) is 0 Å². The van der Waals surface area contributed by atoms with Gasteiger partial charge < -0.3 is 9.64 Å². The topological polar surface area (TPSA) is 47.4 Å². The first-order valence-electron chi connectivity index (χ1n) is 8.46. The summed E-state index contributed by atoms with van der Waals surface area (Å²) in [6, 6.07) is 15.4. The van der Waals surface area contributed by atoms with E-state index in [2.05, 4.69) is 9.84 Å². The lowest BCUT2D eigenvalue weighted by Crippen LogP contribution is -2.26. The fourth-order valence-corrected chi connectivity index (χ4v) is 3.15. The first-order valence-corrected chi connectivity index (χ1v) is 8.84. The lowest BCUT2D eigenvalue weighted by Gasteiger charge is -2.17. The van der Waals surface area contributed by atoms with Crippen molar-refractivity contribution in [1.29, 1.82) is 0 Å². The molecule has 0 aliphatic rings. The Morgan fingerprint density at radius 2 is 1.82 bits per heavy atom. The summed E-state index contributed by atoms with van der Waals surface area (Å²) in [7, 11) is 1.64. The van der Waals surface area contributed by atoms with Crippen LogP contribution in [0.5, 0.6) is 5.75 Å². The molecule has 3 rings (SSSR count). The van der Waals surface area contributed by atoms with E-state index >= 15 is 0 Å². The number of hydrogen-bond acceptors (Lipinski definition) is 3. The number of carbonyl (C=O) groups excluding carboxylic acids is 1. The van der Waals surface area contributed by atoms with E-state index in [1.54, 1.807) is 26.1 Å². The summed E-state index contributed by atoms with van der Waals surface area (Å²) in [5.74, 6) is -0.214. The van der Waals surface area contributed by atoms with Gasteiger partial charge in [-0.25, -0.2) is 4.68 Å². The van der Waals surface area contributed by atoms with Gasteiger partial charge in [-0.3, -0.25) is 4.79 Å². The van der Waals surface area contributed by atoms with E-state index in [0.717, 1.165) is 11.3 Å². The SMILES string of the molecule is Cc1nn(-c2ccccc2)c(Cl)c1C(=O)N(C)Cc1ccc(OC(F)F)cc1. The quantitative estimate of drug-likeness (QED) is 0.596. The monoisotopic (exact) mass is 405 g/mol. The first-order chi connectivity index (χ1) is 13.4. The van der Waals surface area contributed by atoms with E-state index in [-0.39, 0.29) is 23.4 Å². The van der Waals surface area contributed by atoms with Crippen LogP contribution >= 0.6 is 11.6 Å². The number of alkyl halides is 2. The van der Waals surface area contributed by atoms with Crippen LogP contribution in [0.4, 0.5) is 8.78 Å². The molecule has 0 aliphatic heterocycles. The molecule has 2 aromatic carbocycles. The van der Waals surface area contributed by atoms with Crippen LogP contribution in [0.25, 0.3) is 5.69 Å². The second-order valence-corrected chi connectivity index (χ2v) is 6.54. The molecule has 0 atom stereocenters. The number of ether oxygens (including phenoxy) is 1. The van der Waals surface area contributed by atoms with Gasteiger partial charge in [0.15, 0.2) is 0 Å². The average molecular weight is 406 g/mol. The third-order valence-corrected chi connectivity index (χ3v) is 4.48. The maximum atomic E-state index is 12.9. The zero-order chi connectivity index (χ0) is 20.3. The highest BCUT2D eigenvalue weighted by Gasteiger charge is 2.24. The molecule has 146 valence electrons. The van der Waals surface area contributed by atoms with Crippen molar-refractivity contribution >= 4 is 17.5 Å². The number of amides is 1. The lowest BCUT2D eigenvalue weighted by molar-refractivity contribution is -0.0498. The van der Waals surface area contributed by atoms with Gasteiger partial charge in [0.2, 0.25) is 0 Å². The van der Waals surface area contributed by atoms with E-state index < -0.39 is 6.61 Å². The predicted molar refractivity (Wildman–Crippen MR) is 102 cm³/mol. The maximum absolute atomic E-state index is 12.9. The summed E-state index contributed by atoms with van der Waals surface area (Å²) in [6.07, 6.45) is 0. The molecule has 1 amide bonds. The number of nitrogens with zero attached hydrogens (tertiary/aromatic N) is 3. The van der Waals surface area contributed by atoms with Crippen molar-refractivity contribution in [3.8, 4) is 11.4 Å². The highest BCUT2D eigenvalue weighted by atomic mass is 35.5. The highest BCUT2D eigenvalue weighted by Crippen LogP contribution is 2.25. The molecule has 1 aromatic heterocycles. The van der Waals surface area contributed by atoms with Gasteiger partial charge in [-0.15, -0.1) is 0 Å². The van der Waals surface area contributed by atoms with Crippen LogP contribution in [-0.4, -0.2) is 34.2 Å². The van der Waals surface area contributed by atoms with Crippen LogP contribution in [0.2, 0.25) is 5.15 Å². The van der Waals surface area contributed by atoms with Gasteiger partial charge in [0, 0.05) is 13.6 Å². The molecule has 0 fully saturated rings. The molecule has 5 nitrogen and oxygen atoms in total. The van der Waals surface area contributed by atoms with E-state index in [9.17, 15) is 13.6 Å². The summed E-state index contributed by atoms with van der Waals surface area (Å²) >= 11 is 6.44. The van der Waals surface area contributed by atoms with Crippen LogP contribution in [0, 0.1) is 6.92 Å². The molecule has 0 saturated heterocycles. The van der Waals surface area contributed by atoms with E-state index in [4.69, 9.17) is 11.6 Å². The molecular weight excluding hydrogens is 388 g/mol. The molecule has 28 heavy (non-hydrogen) atoms. The standard InChI is InChI=1S/C20H18ClF2N3O2/c1-13-17(18(21)26(24-13)15-6-4-3-5-7-15)19(27)25(2)12-14-8-10-16(11-9-14)28-20(22)23/h3-11,20H,12H2,1-2H3. The lowest BCUT2D eigenvalue weighted by atomic mass is 10.2. The van der Waals surface area contributed by atoms with E-state index in [1.165, 1.54) is 21.7 Å². The fourth-order valence-electron chi connectivity index (χ4n) is 2.80. The van der Waals surface area contributed by atoms with Gasteiger partial charge in [-0.2, -0.15) is 13.9 Å². The third-order valence-electron chi connectivity index (χ3n) is 4.13. The largest absolute Gasteiger partial charge is 0.435 e. The Bertz CT molecular complexity index is 960. The number of benzene rings is 2. The molecule has 0 radical (unpaired) electrons. The van der Waals surface area contributed by atoms with E-state index in [0.29, 0.717) is 11.3 Å². The van der Waals surface area contributed by atoms with Gasteiger partial charge in [0.1, 0.15) is 10.9 Å². The van der Waals surface area contributed by atoms with Crippen molar-refractivity contribution in [3.05, 3.63) is 76.6 Å². The average Bonchev–Trinajstić information content (AvgIpc) is 2.97. The Morgan fingerprint density at radius 3 is 2.43 bits per heavy atom. The van der Waals surface area contributed by atoms with Crippen molar-refractivity contribution in [2.45, 2.75) is 20.1 Å². The summed E-state index contributed by atoms with van der Waals surface area (Å²) in [5, 5.41) is 4.62. The number of halogens is 3. The van der Waals surface area contributed by atoms with Gasteiger partial charge in [-0.05, 0) is 36.8 Å². The van der Waals surface area contributed by atoms with Crippen LogP contribution in [0.3, 0.4) is 0 Å². The van der Waals surface area contributed by atoms with Crippen molar-refractivity contribution in [1.82, 2.24) is 14.7 Å². The third kappa shape index (κ3) is 4.31. The van der Waals surface area contributed by atoms with Crippen LogP contribution in [-0.2, 0) is 6.54 Å². The summed E-state index contributed by atoms with van der Waals surface area (Å²) in [4.78, 5) is 14.4. The first kappa shape index (κ1) is 19.8. The maximum Gasteiger partial charge on any atom is 0.387 e. The molecule has 3 aromatic rings. The molecule has 1 heterocycles. The molecule has 0 aliphatic carbocycles. The molecule has 0 N–H and O–H groups in total. The van der Waals surface area contributed by atoms with Gasteiger partial charge in [0.25, 0.3) is 5.91 Å². The second kappa shape index (κ2) is 8.39. The summed E-state index contributed by atoms with van der Waals surface area (Å²) < 4.78 is 30.3. The van der Waals surface area contributed by atoms with Gasteiger partial charge >= 0.3 is 6.61 Å². The Labute approximate surface area is 166 Å². The number of aryl methyl sites for hydroxylation is 1. The Morgan fingerprint density at radius 1 is 1.18 bits per heavy atom. The minimum absolute atomic E-state index is 0.0655. The molecule has 0 spiro atoms. The predicted octanol–water partition coefficient (Wildman–Crippen LogP) is 4.71. The number of hydrogen-bond donors (Lipinski definition) is 0. The van der Waals surface area contributed by atoms with Gasteiger partial charge in [0.05, 0.1) is 16.9 Å². The smallest absolute Gasteiger partial charge is 0.387 e. The van der Waals surface area contributed by atoms with Gasteiger partial charge in [-0.1, -0.05) is 41.9 Å². The normalized spacial score (nSPS) is 10.9. The van der Waals surface area contributed by atoms with Crippen LogP contribution in [0.1, 0.15) is 21.6 Å². The van der Waals surface area contributed by atoms with Crippen LogP contribution < -0.4 is 4.74 Å². The van der Waals surface area contributed by atoms with Crippen molar-refractivity contribution < 1.29 is 18.3 Å². The number of rotatable bonds is 6. The highest BCUT2D eigenvalue weighted by molar-refractivity contribution is 6.33. The second-order valence-electron chi connectivity index (χ2n) is 6.18. The minimum Gasteiger partial charge on any atom is -0.435 e. The number of carbonyl (C=O) groups is 1. The Balaban J connectivity index is 1.77. The zero-order valence-corrected chi connectivity index (χ0v) is 16.0. The summed E-state index contributed by atoms with van der Waals surface area (Å²) in [6.45, 7) is -0.871. The molecule has 0 unspecified atom stereocenters. The van der Waals surface area contributed by atoms with Crippen molar-refractivity contribution in [2.75, 3.05) is 7.05 Å². The number of para-hydroxylation sites is 1. The minimum atomic E-state index is -2.87. The zero-order valence-electron chi connectivity index (χ0n) is 15.3.